The van der Waals surface area contributed by atoms with Gasteiger partial charge in [-0.1, -0.05) is 13.3 Å². The van der Waals surface area contributed by atoms with Gasteiger partial charge in [-0.2, -0.15) is 0 Å². The van der Waals surface area contributed by atoms with Gasteiger partial charge in [-0.05, 0) is 32.1 Å². The molecule has 1 aliphatic carbocycles. The van der Waals surface area contributed by atoms with E-state index in [0.29, 0.717) is 11.9 Å². The monoisotopic (exact) mass is 220 g/mol. The van der Waals surface area contributed by atoms with Gasteiger partial charge in [-0.15, -0.1) is 0 Å². The first-order valence-electron chi connectivity index (χ1n) is 6.08. The molecular weight excluding hydrogens is 200 g/mol. The Labute approximate surface area is 96.7 Å². The summed E-state index contributed by atoms with van der Waals surface area (Å²) in [5, 5.41) is 3.47. The molecule has 0 radical (unpaired) electrons. The maximum Gasteiger partial charge on any atom is 0.134 e. The summed E-state index contributed by atoms with van der Waals surface area (Å²) in [4.78, 5) is 8.36. The predicted octanol–water partition coefficient (Wildman–Crippen LogP) is 2.22. The second-order valence-corrected chi connectivity index (χ2v) is 4.61. The first-order valence-corrected chi connectivity index (χ1v) is 6.08. The molecule has 1 aromatic rings. The van der Waals surface area contributed by atoms with E-state index >= 15 is 0 Å². The standard InChI is InChI=1S/C12H20N4/c1-3-4-10-11(13)14-7-15-12(10)16-8(2)9-5-6-9/h7-9H,3-6H2,1-2H3,(H3,13,14,15,16). The number of nitrogens with zero attached hydrogens (tertiary/aromatic N) is 2. The molecule has 1 heterocycles. The van der Waals surface area contributed by atoms with Gasteiger partial charge in [0.15, 0.2) is 0 Å². The van der Waals surface area contributed by atoms with Crippen LogP contribution in [0.5, 0.6) is 0 Å². The Kier molecular flexibility index (Phi) is 3.27. The van der Waals surface area contributed by atoms with Crippen molar-refractivity contribution in [3.05, 3.63) is 11.9 Å². The van der Waals surface area contributed by atoms with E-state index < -0.39 is 0 Å². The summed E-state index contributed by atoms with van der Waals surface area (Å²) in [6, 6.07) is 0.491. The van der Waals surface area contributed by atoms with Gasteiger partial charge >= 0.3 is 0 Å². The molecule has 1 saturated carbocycles. The van der Waals surface area contributed by atoms with Gasteiger partial charge in [0.05, 0.1) is 0 Å². The lowest BCUT2D eigenvalue weighted by molar-refractivity contribution is 0.687. The van der Waals surface area contributed by atoms with Gasteiger partial charge in [0.1, 0.15) is 18.0 Å². The van der Waals surface area contributed by atoms with E-state index in [1.54, 1.807) is 0 Å². The molecule has 16 heavy (non-hydrogen) atoms. The Morgan fingerprint density at radius 2 is 2.25 bits per heavy atom. The van der Waals surface area contributed by atoms with E-state index in [-0.39, 0.29) is 0 Å². The summed E-state index contributed by atoms with van der Waals surface area (Å²) in [6.45, 7) is 4.35. The van der Waals surface area contributed by atoms with Crippen LogP contribution < -0.4 is 11.1 Å². The topological polar surface area (TPSA) is 63.8 Å². The molecule has 0 aromatic carbocycles. The quantitative estimate of drug-likeness (QED) is 0.798. The number of rotatable bonds is 5. The number of nitrogens with two attached hydrogens (primary N) is 1. The maximum absolute atomic E-state index is 5.88. The van der Waals surface area contributed by atoms with Crippen molar-refractivity contribution in [3.63, 3.8) is 0 Å². The highest BCUT2D eigenvalue weighted by Crippen LogP contribution is 2.34. The fourth-order valence-corrected chi connectivity index (χ4v) is 1.98. The summed E-state index contributed by atoms with van der Waals surface area (Å²) >= 11 is 0. The number of hydrogen-bond donors (Lipinski definition) is 2. The van der Waals surface area contributed by atoms with Gasteiger partial charge in [0, 0.05) is 11.6 Å². The zero-order valence-electron chi connectivity index (χ0n) is 10.0. The van der Waals surface area contributed by atoms with Crippen molar-refractivity contribution in [2.24, 2.45) is 5.92 Å². The molecule has 1 aromatic heterocycles. The van der Waals surface area contributed by atoms with Crippen LogP contribution in [-0.4, -0.2) is 16.0 Å². The second kappa shape index (κ2) is 4.68. The van der Waals surface area contributed by atoms with Crippen molar-refractivity contribution in [3.8, 4) is 0 Å². The molecule has 0 bridgehead atoms. The molecule has 1 aliphatic rings. The van der Waals surface area contributed by atoms with Crippen LogP contribution in [0, 0.1) is 5.92 Å². The molecule has 1 atom stereocenters. The summed E-state index contributed by atoms with van der Waals surface area (Å²) in [6.07, 6.45) is 6.20. The molecule has 0 saturated heterocycles. The molecule has 1 fully saturated rings. The number of anilines is 2. The summed E-state index contributed by atoms with van der Waals surface area (Å²) in [5.74, 6) is 2.35. The van der Waals surface area contributed by atoms with Crippen molar-refractivity contribution in [2.75, 3.05) is 11.1 Å². The van der Waals surface area contributed by atoms with E-state index in [1.165, 1.54) is 19.2 Å². The van der Waals surface area contributed by atoms with E-state index in [4.69, 9.17) is 5.73 Å². The lowest BCUT2D eigenvalue weighted by atomic mass is 10.1. The van der Waals surface area contributed by atoms with E-state index in [0.717, 1.165) is 30.1 Å². The molecule has 0 spiro atoms. The van der Waals surface area contributed by atoms with Crippen LogP contribution in [0.25, 0.3) is 0 Å². The van der Waals surface area contributed by atoms with E-state index in [1.807, 2.05) is 0 Å². The fourth-order valence-electron chi connectivity index (χ4n) is 1.98. The summed E-state index contributed by atoms with van der Waals surface area (Å²) < 4.78 is 0. The largest absolute Gasteiger partial charge is 0.383 e. The van der Waals surface area contributed by atoms with Gasteiger partial charge in [0.2, 0.25) is 0 Å². The molecular formula is C12H20N4. The van der Waals surface area contributed by atoms with Crippen molar-refractivity contribution < 1.29 is 0 Å². The van der Waals surface area contributed by atoms with E-state index in [9.17, 15) is 0 Å². The van der Waals surface area contributed by atoms with Gasteiger partial charge in [-0.25, -0.2) is 9.97 Å². The summed E-state index contributed by atoms with van der Waals surface area (Å²) in [7, 11) is 0. The molecule has 1 unspecified atom stereocenters. The zero-order chi connectivity index (χ0) is 11.5. The third-order valence-corrected chi connectivity index (χ3v) is 3.17. The smallest absolute Gasteiger partial charge is 0.134 e. The van der Waals surface area contributed by atoms with Crippen LogP contribution in [0.15, 0.2) is 6.33 Å². The SMILES string of the molecule is CCCc1c(N)ncnc1NC(C)C1CC1. The van der Waals surface area contributed by atoms with Crippen LogP contribution in [-0.2, 0) is 6.42 Å². The van der Waals surface area contributed by atoms with Crippen LogP contribution in [0.1, 0.15) is 38.7 Å². The van der Waals surface area contributed by atoms with Gasteiger partial charge in [0.25, 0.3) is 0 Å². The number of nitrogen functional groups attached to an aromatic ring is 1. The first kappa shape index (κ1) is 11.2. The Bertz CT molecular complexity index is 360. The summed E-state index contributed by atoms with van der Waals surface area (Å²) in [5.41, 5.74) is 6.95. The lowest BCUT2D eigenvalue weighted by Gasteiger charge is -2.16. The third kappa shape index (κ3) is 2.43. The normalized spacial score (nSPS) is 17.1. The van der Waals surface area contributed by atoms with Crippen LogP contribution in [0.4, 0.5) is 11.6 Å². The lowest BCUT2D eigenvalue weighted by Crippen LogP contribution is -2.20. The highest BCUT2D eigenvalue weighted by molar-refractivity contribution is 5.55. The van der Waals surface area contributed by atoms with Gasteiger partial charge in [-0.3, -0.25) is 0 Å². The van der Waals surface area contributed by atoms with E-state index in [2.05, 4.69) is 29.1 Å². The second-order valence-electron chi connectivity index (χ2n) is 4.61. The minimum Gasteiger partial charge on any atom is -0.383 e. The third-order valence-electron chi connectivity index (χ3n) is 3.17. The minimum atomic E-state index is 0.491. The highest BCUT2D eigenvalue weighted by atomic mass is 15.1. The average Bonchev–Trinajstić information content (AvgIpc) is 3.06. The van der Waals surface area contributed by atoms with Crippen LogP contribution in [0.2, 0.25) is 0 Å². The Hall–Kier alpha value is -1.32. The molecule has 4 nitrogen and oxygen atoms in total. The Morgan fingerprint density at radius 1 is 1.50 bits per heavy atom. The Balaban J connectivity index is 2.14. The van der Waals surface area contributed by atoms with Crippen molar-refractivity contribution in [1.82, 2.24) is 9.97 Å². The van der Waals surface area contributed by atoms with Crippen LogP contribution in [0.3, 0.4) is 0 Å². The molecule has 4 heteroatoms. The molecule has 2 rings (SSSR count). The number of aromatic nitrogens is 2. The van der Waals surface area contributed by atoms with Crippen molar-refractivity contribution in [2.45, 2.75) is 45.6 Å². The average molecular weight is 220 g/mol. The molecule has 3 N–H and O–H groups in total. The molecule has 88 valence electrons. The van der Waals surface area contributed by atoms with Crippen molar-refractivity contribution >= 4 is 11.6 Å². The Morgan fingerprint density at radius 3 is 2.88 bits per heavy atom. The predicted molar refractivity (Wildman–Crippen MR) is 66.2 cm³/mol. The molecule has 0 aliphatic heterocycles. The fraction of sp³-hybridized carbons (Fsp3) is 0.667. The number of hydrogen-bond acceptors (Lipinski definition) is 4. The van der Waals surface area contributed by atoms with Crippen molar-refractivity contribution in [1.29, 1.82) is 0 Å². The maximum atomic E-state index is 5.88. The zero-order valence-corrected chi connectivity index (χ0v) is 10.0. The van der Waals surface area contributed by atoms with Gasteiger partial charge < -0.3 is 11.1 Å². The van der Waals surface area contributed by atoms with Crippen LogP contribution >= 0.6 is 0 Å². The first-order chi connectivity index (χ1) is 7.72. The minimum absolute atomic E-state index is 0.491. The molecule has 0 amide bonds. The number of nitrogens with one attached hydrogen (secondary N) is 1. The highest BCUT2D eigenvalue weighted by Gasteiger charge is 2.28.